The van der Waals surface area contributed by atoms with Gasteiger partial charge in [0.15, 0.2) is 0 Å². The summed E-state index contributed by atoms with van der Waals surface area (Å²) in [4.78, 5) is 47.8. The van der Waals surface area contributed by atoms with Gasteiger partial charge in [0, 0.05) is 63.3 Å². The van der Waals surface area contributed by atoms with Gasteiger partial charge in [-0.2, -0.15) is 0 Å². The van der Waals surface area contributed by atoms with E-state index >= 15 is 0 Å². The molecule has 1 saturated heterocycles. The Kier molecular flexibility index (Phi) is 8.87. The van der Waals surface area contributed by atoms with E-state index in [9.17, 15) is 9.59 Å². The average molecular weight is 631 g/mol. The molecule has 0 bridgehead atoms. The lowest BCUT2D eigenvalue weighted by Crippen LogP contribution is -2.49. The number of amides is 2. The maximum atomic E-state index is 14.2. The number of nitrogens with zero attached hydrogens (tertiary/aromatic N) is 6. The molecule has 47 heavy (non-hydrogen) atoms. The first-order chi connectivity index (χ1) is 23.1. The molecular formula is C38H42N6O3. The van der Waals surface area contributed by atoms with Gasteiger partial charge in [0.25, 0.3) is 5.91 Å². The summed E-state index contributed by atoms with van der Waals surface area (Å²) in [6.07, 6.45) is 12.3. The summed E-state index contributed by atoms with van der Waals surface area (Å²) in [7, 11) is 0. The van der Waals surface area contributed by atoms with Gasteiger partial charge in [-0.25, -0.2) is 4.98 Å². The van der Waals surface area contributed by atoms with E-state index in [0.29, 0.717) is 50.6 Å². The van der Waals surface area contributed by atoms with Crippen LogP contribution in [-0.2, 0) is 16.8 Å². The number of pyridine rings is 1. The summed E-state index contributed by atoms with van der Waals surface area (Å²) in [6.45, 7) is 4.31. The Hall–Kier alpha value is -4.79. The predicted molar refractivity (Wildman–Crippen MR) is 180 cm³/mol. The first-order valence-corrected chi connectivity index (χ1v) is 16.8. The molecule has 0 unspecified atom stereocenters. The molecule has 9 nitrogen and oxygen atoms in total. The molecule has 1 aliphatic carbocycles. The Balaban J connectivity index is 1.14. The van der Waals surface area contributed by atoms with Crippen molar-refractivity contribution >= 4 is 17.6 Å². The van der Waals surface area contributed by atoms with Crippen molar-refractivity contribution in [1.29, 1.82) is 0 Å². The summed E-state index contributed by atoms with van der Waals surface area (Å²) < 4.78 is 6.62. The van der Waals surface area contributed by atoms with E-state index in [4.69, 9.17) is 4.74 Å². The summed E-state index contributed by atoms with van der Waals surface area (Å²) in [5.41, 5.74) is 1.95. The summed E-state index contributed by atoms with van der Waals surface area (Å²) in [5.74, 6) is 1.58. The first kappa shape index (κ1) is 30.8. The van der Waals surface area contributed by atoms with Crippen LogP contribution in [0.15, 0.2) is 97.6 Å². The van der Waals surface area contributed by atoms with Gasteiger partial charge in [0.2, 0.25) is 5.91 Å². The number of piperidine rings is 1. The monoisotopic (exact) mass is 630 g/mol. The van der Waals surface area contributed by atoms with Crippen LogP contribution >= 0.6 is 0 Å². The minimum atomic E-state index is -0.463. The highest BCUT2D eigenvalue weighted by Gasteiger charge is 2.55. The fraction of sp³-hybridized carbons (Fsp3) is 0.395. The fourth-order valence-electron chi connectivity index (χ4n) is 7.21. The number of rotatable bonds is 5. The van der Waals surface area contributed by atoms with Gasteiger partial charge < -0.3 is 19.4 Å². The third kappa shape index (κ3) is 6.70. The zero-order chi connectivity index (χ0) is 32.1. The van der Waals surface area contributed by atoms with Gasteiger partial charge in [-0.3, -0.25) is 19.6 Å². The molecule has 9 heteroatoms. The van der Waals surface area contributed by atoms with Gasteiger partial charge in [-0.1, -0.05) is 48.5 Å². The molecule has 1 spiro atoms. The summed E-state index contributed by atoms with van der Waals surface area (Å²) >= 11 is 0. The first-order valence-electron chi connectivity index (χ1n) is 16.8. The number of carbonyl (C=O) groups is 2. The zero-order valence-electron chi connectivity index (χ0n) is 26.8. The Morgan fingerprint density at radius 3 is 2.30 bits per heavy atom. The molecule has 242 valence electrons. The minimum Gasteiger partial charge on any atom is -0.492 e. The van der Waals surface area contributed by atoms with Crippen LogP contribution < -0.4 is 9.64 Å². The van der Waals surface area contributed by atoms with E-state index in [1.165, 1.54) is 0 Å². The van der Waals surface area contributed by atoms with Gasteiger partial charge in [-0.15, -0.1) is 0 Å². The Morgan fingerprint density at radius 1 is 0.766 bits per heavy atom. The van der Waals surface area contributed by atoms with E-state index in [1.807, 2.05) is 65.6 Å². The molecule has 4 aromatic rings. The molecule has 2 aromatic carbocycles. The largest absolute Gasteiger partial charge is 0.492 e. The lowest BCUT2D eigenvalue weighted by atomic mass is 9.75. The number of anilines is 1. The number of hydrogen-bond acceptors (Lipinski definition) is 7. The van der Waals surface area contributed by atoms with Crippen LogP contribution in [0.4, 0.5) is 5.82 Å². The molecule has 2 aliphatic heterocycles. The molecule has 1 saturated carbocycles. The van der Waals surface area contributed by atoms with E-state index in [-0.39, 0.29) is 17.2 Å². The van der Waals surface area contributed by atoms with Crippen LogP contribution in [-0.4, -0.2) is 75.9 Å². The molecule has 2 fully saturated rings. The SMILES string of the molecule is O=C1c2ccccc2OCC2(CCCN(c3cnccn3)CCN1Cc1ccccc1)CCN(C(=O)C1(c3ccccn3)CC1)CC2. The lowest BCUT2D eigenvalue weighted by Gasteiger charge is -2.43. The lowest BCUT2D eigenvalue weighted by molar-refractivity contribution is -0.137. The van der Waals surface area contributed by atoms with Crippen molar-refractivity contribution in [2.24, 2.45) is 5.41 Å². The van der Waals surface area contributed by atoms with Crippen LogP contribution in [0.2, 0.25) is 0 Å². The average Bonchev–Trinajstić information content (AvgIpc) is 3.95. The second-order valence-corrected chi connectivity index (χ2v) is 13.2. The number of likely N-dealkylation sites (tertiary alicyclic amines) is 1. The number of ether oxygens (including phenoxy) is 1. The molecule has 0 atom stereocenters. The number of benzene rings is 2. The molecular weight excluding hydrogens is 588 g/mol. The predicted octanol–water partition coefficient (Wildman–Crippen LogP) is 5.53. The van der Waals surface area contributed by atoms with Crippen molar-refractivity contribution in [2.75, 3.05) is 44.2 Å². The quantitative estimate of drug-likeness (QED) is 0.286. The highest BCUT2D eigenvalue weighted by atomic mass is 16.5. The maximum Gasteiger partial charge on any atom is 0.257 e. The number of hydrogen-bond donors (Lipinski definition) is 0. The molecule has 0 N–H and O–H groups in total. The van der Waals surface area contributed by atoms with Crippen molar-refractivity contribution in [2.45, 2.75) is 50.5 Å². The van der Waals surface area contributed by atoms with E-state index in [0.717, 1.165) is 62.1 Å². The second-order valence-electron chi connectivity index (χ2n) is 13.2. The topological polar surface area (TPSA) is 91.8 Å². The third-order valence-corrected chi connectivity index (χ3v) is 10.2. The number of aromatic nitrogens is 3. The second kappa shape index (κ2) is 13.5. The maximum absolute atomic E-state index is 14.2. The van der Waals surface area contributed by atoms with Crippen LogP contribution in [0.25, 0.3) is 0 Å². The summed E-state index contributed by atoms with van der Waals surface area (Å²) in [5, 5.41) is 0. The molecule has 0 radical (unpaired) electrons. The summed E-state index contributed by atoms with van der Waals surface area (Å²) in [6, 6.07) is 23.6. The van der Waals surface area contributed by atoms with Crippen molar-refractivity contribution in [3.8, 4) is 5.75 Å². The van der Waals surface area contributed by atoms with Crippen molar-refractivity contribution in [3.05, 3.63) is 114 Å². The molecule has 4 heterocycles. The van der Waals surface area contributed by atoms with Gasteiger partial charge >= 0.3 is 0 Å². The van der Waals surface area contributed by atoms with Crippen molar-refractivity contribution in [1.82, 2.24) is 24.8 Å². The fourth-order valence-corrected chi connectivity index (χ4v) is 7.21. The molecule has 2 amide bonds. The Labute approximate surface area is 276 Å². The van der Waals surface area contributed by atoms with E-state index in [2.05, 4.69) is 36.9 Å². The van der Waals surface area contributed by atoms with Crippen LogP contribution in [0.3, 0.4) is 0 Å². The number of carbonyl (C=O) groups excluding carboxylic acids is 2. The minimum absolute atomic E-state index is 0.0542. The van der Waals surface area contributed by atoms with Crippen LogP contribution in [0.1, 0.15) is 60.1 Å². The number of fused-ring (bicyclic) bond motifs is 1. The molecule has 7 rings (SSSR count). The zero-order valence-corrected chi connectivity index (χ0v) is 26.8. The van der Waals surface area contributed by atoms with Gasteiger partial charge in [0.05, 0.1) is 29.5 Å². The van der Waals surface area contributed by atoms with Gasteiger partial charge in [-0.05, 0) is 68.4 Å². The van der Waals surface area contributed by atoms with E-state index < -0.39 is 5.41 Å². The highest BCUT2D eigenvalue weighted by molar-refractivity contribution is 5.97. The van der Waals surface area contributed by atoms with Crippen molar-refractivity contribution in [3.63, 3.8) is 0 Å². The highest BCUT2D eigenvalue weighted by Crippen LogP contribution is 2.50. The Morgan fingerprint density at radius 2 is 1.55 bits per heavy atom. The standard InChI is InChI=1S/C38H42N6O3/c45-35-31-11-4-5-12-32(31)47-29-37(17-23-43(24-18-37)36(46)38(15-16-38)33-13-6-7-19-40-33)14-8-22-42(34-27-39-20-21-41-34)25-26-44(35)28-30-9-2-1-3-10-30/h1-7,9-13,19-21,27H,8,14-18,22-26,28-29H2. The van der Waals surface area contributed by atoms with Crippen LogP contribution in [0, 0.1) is 5.41 Å². The molecule has 2 aromatic heterocycles. The molecule has 3 aliphatic rings. The van der Waals surface area contributed by atoms with Crippen molar-refractivity contribution < 1.29 is 14.3 Å². The normalized spacial score (nSPS) is 19.5. The smallest absolute Gasteiger partial charge is 0.257 e. The van der Waals surface area contributed by atoms with E-state index in [1.54, 1.807) is 24.8 Å². The van der Waals surface area contributed by atoms with Gasteiger partial charge in [0.1, 0.15) is 11.6 Å². The number of para-hydroxylation sites is 1. The third-order valence-electron chi connectivity index (χ3n) is 10.2. The Bertz CT molecular complexity index is 1660. The van der Waals surface area contributed by atoms with Crippen LogP contribution in [0.5, 0.6) is 5.75 Å².